The third-order valence-corrected chi connectivity index (χ3v) is 5.21. The Morgan fingerprint density at radius 1 is 1.32 bits per heavy atom. The van der Waals surface area contributed by atoms with Crippen molar-refractivity contribution < 1.29 is 19.4 Å². The predicted molar refractivity (Wildman–Crippen MR) is 85.5 cm³/mol. The van der Waals surface area contributed by atoms with Gasteiger partial charge in [-0.05, 0) is 60.4 Å². The summed E-state index contributed by atoms with van der Waals surface area (Å²) in [6, 6.07) is 0. The van der Waals surface area contributed by atoms with Crippen molar-refractivity contribution in [2.45, 2.75) is 58.5 Å². The first-order valence-electron chi connectivity index (χ1n) is 7.70. The first-order valence-corrected chi connectivity index (χ1v) is 7.70. The monoisotopic (exact) mass is 311 g/mol. The van der Waals surface area contributed by atoms with Crippen molar-refractivity contribution in [3.05, 3.63) is 12.2 Å². The number of hydrogen-bond acceptors (Lipinski definition) is 4. The van der Waals surface area contributed by atoms with E-state index in [0.29, 0.717) is 18.4 Å². The van der Waals surface area contributed by atoms with Crippen molar-refractivity contribution in [1.29, 1.82) is 0 Å². The average Bonchev–Trinajstić information content (AvgIpc) is 2.38. The van der Waals surface area contributed by atoms with Crippen molar-refractivity contribution in [3.8, 4) is 0 Å². The number of hydrogen-bond donors (Lipinski definition) is 1. The second-order valence-electron chi connectivity index (χ2n) is 7.49. The zero-order chi connectivity index (χ0) is 17.3. The summed E-state index contributed by atoms with van der Waals surface area (Å²) in [5.41, 5.74) is -0.117. The molecular formula is C17H29NO4. The summed E-state index contributed by atoms with van der Waals surface area (Å²) in [5, 5.41) is 9.62. The number of carbonyl (C=O) groups is 2. The topological polar surface area (TPSA) is 66.8 Å². The van der Waals surface area contributed by atoms with Gasteiger partial charge in [0.15, 0.2) is 0 Å². The Hall–Kier alpha value is -1.36. The molecule has 0 aromatic carbocycles. The zero-order valence-corrected chi connectivity index (χ0v) is 14.6. The summed E-state index contributed by atoms with van der Waals surface area (Å²) in [4.78, 5) is 25.4. The highest BCUT2D eigenvalue weighted by Crippen LogP contribution is 2.45. The van der Waals surface area contributed by atoms with Gasteiger partial charge in [-0.2, -0.15) is 0 Å². The number of nitrogens with zero attached hydrogens (tertiary/aromatic N) is 1. The molecule has 22 heavy (non-hydrogen) atoms. The van der Waals surface area contributed by atoms with Gasteiger partial charge in [-0.15, -0.1) is 0 Å². The Labute approximate surface area is 133 Å². The maximum absolute atomic E-state index is 11.7. The highest BCUT2D eigenvalue weighted by atomic mass is 16.5. The van der Waals surface area contributed by atoms with Gasteiger partial charge in [-0.25, -0.2) is 4.79 Å². The maximum atomic E-state index is 11.7. The van der Waals surface area contributed by atoms with E-state index in [4.69, 9.17) is 4.74 Å². The first kappa shape index (κ1) is 18.7. The molecule has 0 radical (unpaired) electrons. The molecule has 1 N–H and O–H groups in total. The molecule has 1 saturated heterocycles. The summed E-state index contributed by atoms with van der Waals surface area (Å²) in [6.07, 6.45) is 1.12. The van der Waals surface area contributed by atoms with Crippen molar-refractivity contribution in [2.75, 3.05) is 13.7 Å². The number of carboxylic acids is 1. The number of likely N-dealkylation sites (tertiary alicyclic amines) is 1. The van der Waals surface area contributed by atoms with Gasteiger partial charge in [0.25, 0.3) is 0 Å². The molecule has 0 aliphatic carbocycles. The standard InChI is InChI=1S/C17H29NO4/c1-11(2)15(21)22-9-8-13-12(14(19)20)10-16(3,4)18(7)17(13,5)6/h12-13H,1,8-10H2,2-7H3,(H,19,20). The lowest BCUT2D eigenvalue weighted by molar-refractivity contribution is -0.158. The van der Waals surface area contributed by atoms with Crippen LogP contribution in [0.25, 0.3) is 0 Å². The van der Waals surface area contributed by atoms with Crippen LogP contribution >= 0.6 is 0 Å². The SMILES string of the molecule is C=C(C)C(=O)OCCC1C(C(=O)O)CC(C)(C)N(C)C1(C)C. The molecule has 1 aliphatic rings. The molecule has 0 aromatic rings. The highest BCUT2D eigenvalue weighted by Gasteiger charge is 2.51. The Kier molecular flexibility index (Phi) is 5.44. The Bertz CT molecular complexity index is 467. The second-order valence-corrected chi connectivity index (χ2v) is 7.49. The number of aliphatic carboxylic acids is 1. The van der Waals surface area contributed by atoms with Crippen molar-refractivity contribution in [1.82, 2.24) is 4.90 Å². The van der Waals surface area contributed by atoms with Gasteiger partial charge in [0.05, 0.1) is 12.5 Å². The predicted octanol–water partition coefficient (Wildman–Crippen LogP) is 2.71. The number of carbonyl (C=O) groups excluding carboxylic acids is 1. The lowest BCUT2D eigenvalue weighted by atomic mass is 9.65. The fourth-order valence-electron chi connectivity index (χ4n) is 3.55. The van der Waals surface area contributed by atoms with Gasteiger partial charge < -0.3 is 9.84 Å². The molecule has 2 unspecified atom stereocenters. The summed E-state index contributed by atoms with van der Waals surface area (Å²) in [7, 11) is 2.03. The molecule has 1 fully saturated rings. The van der Waals surface area contributed by atoms with Gasteiger partial charge in [-0.3, -0.25) is 9.69 Å². The Morgan fingerprint density at radius 3 is 2.32 bits per heavy atom. The molecule has 1 rings (SSSR count). The Morgan fingerprint density at radius 2 is 1.86 bits per heavy atom. The molecule has 5 heteroatoms. The number of esters is 1. The average molecular weight is 311 g/mol. The van der Waals surface area contributed by atoms with Crippen LogP contribution < -0.4 is 0 Å². The third-order valence-electron chi connectivity index (χ3n) is 5.21. The van der Waals surface area contributed by atoms with Crippen LogP contribution in [0.5, 0.6) is 0 Å². The minimum atomic E-state index is -0.773. The van der Waals surface area contributed by atoms with Crippen molar-refractivity contribution >= 4 is 11.9 Å². The molecule has 2 atom stereocenters. The molecule has 0 spiro atoms. The van der Waals surface area contributed by atoms with E-state index in [1.165, 1.54) is 0 Å². The minimum absolute atomic E-state index is 0.0825. The normalized spacial score (nSPS) is 27.2. The highest BCUT2D eigenvalue weighted by molar-refractivity contribution is 5.86. The van der Waals surface area contributed by atoms with Crippen LogP contribution in [-0.4, -0.2) is 46.7 Å². The lowest BCUT2D eigenvalue weighted by Gasteiger charge is -2.57. The summed E-state index contributed by atoms with van der Waals surface area (Å²) in [5.74, 6) is -1.72. The van der Waals surface area contributed by atoms with Crippen LogP contribution in [0, 0.1) is 11.8 Å². The van der Waals surface area contributed by atoms with E-state index in [1.54, 1.807) is 6.92 Å². The maximum Gasteiger partial charge on any atom is 0.333 e. The minimum Gasteiger partial charge on any atom is -0.481 e. The molecule has 1 aliphatic heterocycles. The number of piperidine rings is 1. The molecule has 0 bridgehead atoms. The molecule has 0 saturated carbocycles. The van der Waals surface area contributed by atoms with Crippen LogP contribution in [0.4, 0.5) is 0 Å². The molecule has 5 nitrogen and oxygen atoms in total. The van der Waals surface area contributed by atoms with Gasteiger partial charge in [-0.1, -0.05) is 6.58 Å². The van der Waals surface area contributed by atoms with E-state index < -0.39 is 17.9 Å². The molecule has 0 amide bonds. The van der Waals surface area contributed by atoms with Gasteiger partial charge >= 0.3 is 11.9 Å². The summed E-state index contributed by atoms with van der Waals surface area (Å²) >= 11 is 0. The second kappa shape index (κ2) is 6.41. The summed E-state index contributed by atoms with van der Waals surface area (Å²) < 4.78 is 5.16. The fraction of sp³-hybridized carbons (Fsp3) is 0.765. The van der Waals surface area contributed by atoms with E-state index in [1.807, 2.05) is 7.05 Å². The van der Waals surface area contributed by atoms with Gasteiger partial charge in [0, 0.05) is 16.7 Å². The van der Waals surface area contributed by atoms with Crippen molar-refractivity contribution in [2.24, 2.45) is 11.8 Å². The smallest absolute Gasteiger partial charge is 0.333 e. The molecule has 1 heterocycles. The first-order chi connectivity index (χ1) is 9.91. The van der Waals surface area contributed by atoms with Crippen LogP contribution in [0.2, 0.25) is 0 Å². The molecule has 126 valence electrons. The van der Waals surface area contributed by atoms with Crippen LogP contribution in [-0.2, 0) is 14.3 Å². The largest absolute Gasteiger partial charge is 0.481 e. The van der Waals surface area contributed by atoms with Crippen LogP contribution in [0.1, 0.15) is 47.5 Å². The van der Waals surface area contributed by atoms with E-state index >= 15 is 0 Å². The number of carboxylic acid groups (broad SMARTS) is 1. The summed E-state index contributed by atoms with van der Waals surface area (Å²) in [6.45, 7) is 13.6. The number of ether oxygens (including phenoxy) is 1. The third kappa shape index (κ3) is 3.69. The van der Waals surface area contributed by atoms with Gasteiger partial charge in [0.1, 0.15) is 0 Å². The van der Waals surface area contributed by atoms with Crippen LogP contribution in [0.15, 0.2) is 12.2 Å². The number of rotatable bonds is 5. The molecular weight excluding hydrogens is 282 g/mol. The zero-order valence-electron chi connectivity index (χ0n) is 14.6. The van der Waals surface area contributed by atoms with Crippen LogP contribution in [0.3, 0.4) is 0 Å². The van der Waals surface area contributed by atoms with E-state index in [9.17, 15) is 14.7 Å². The lowest BCUT2D eigenvalue weighted by Crippen LogP contribution is -2.64. The quantitative estimate of drug-likeness (QED) is 0.624. The fourth-order valence-corrected chi connectivity index (χ4v) is 3.55. The van der Waals surface area contributed by atoms with E-state index in [0.717, 1.165) is 0 Å². The van der Waals surface area contributed by atoms with E-state index in [-0.39, 0.29) is 23.6 Å². The van der Waals surface area contributed by atoms with E-state index in [2.05, 4.69) is 39.2 Å². The Balaban J connectivity index is 2.90. The van der Waals surface area contributed by atoms with Crippen molar-refractivity contribution in [3.63, 3.8) is 0 Å². The molecule has 0 aromatic heterocycles. The van der Waals surface area contributed by atoms with Gasteiger partial charge in [0.2, 0.25) is 0 Å².